The highest BCUT2D eigenvalue weighted by molar-refractivity contribution is 5.48. The van der Waals surface area contributed by atoms with Crippen LogP contribution in [0.3, 0.4) is 0 Å². The molecule has 1 aromatic carbocycles. The van der Waals surface area contributed by atoms with Crippen LogP contribution in [-0.2, 0) is 11.8 Å². The fraction of sp³-hybridized carbons (Fsp3) is 0.500. The van der Waals surface area contributed by atoms with E-state index in [4.69, 9.17) is 11.2 Å². The Morgan fingerprint density at radius 1 is 1.29 bits per heavy atom. The molecule has 0 heterocycles. The Bertz CT molecular complexity index is 430. The summed E-state index contributed by atoms with van der Waals surface area (Å²) in [4.78, 5) is 0. The second kappa shape index (κ2) is 5.27. The van der Waals surface area contributed by atoms with Crippen LogP contribution in [0.1, 0.15) is 43.9 Å². The molecule has 0 aliphatic rings. The molecule has 0 aliphatic heterocycles. The zero-order valence-corrected chi connectivity index (χ0v) is 11.6. The maximum absolute atomic E-state index is 5.59. The van der Waals surface area contributed by atoms with Crippen molar-refractivity contribution in [3.05, 3.63) is 28.8 Å². The van der Waals surface area contributed by atoms with Gasteiger partial charge in [0.2, 0.25) is 0 Å². The lowest BCUT2D eigenvalue weighted by Gasteiger charge is -2.24. The molecule has 1 nitrogen and oxygen atoms in total. The van der Waals surface area contributed by atoms with E-state index in [1.165, 1.54) is 16.7 Å². The molecule has 1 heteroatoms. The third kappa shape index (κ3) is 3.27. The Hall–Kier alpha value is -1.42. The van der Waals surface area contributed by atoms with Crippen molar-refractivity contribution in [2.75, 3.05) is 7.11 Å². The minimum Gasteiger partial charge on any atom is -0.496 e. The van der Waals surface area contributed by atoms with E-state index in [1.807, 2.05) is 0 Å². The summed E-state index contributed by atoms with van der Waals surface area (Å²) in [6.07, 6.45) is 6.97. The minimum absolute atomic E-state index is 0.0856. The van der Waals surface area contributed by atoms with Gasteiger partial charge in [-0.1, -0.05) is 38.5 Å². The summed E-state index contributed by atoms with van der Waals surface area (Å²) in [7, 11) is 1.74. The van der Waals surface area contributed by atoms with Crippen LogP contribution in [0.5, 0.6) is 5.75 Å². The highest BCUT2D eigenvalue weighted by Crippen LogP contribution is 2.35. The van der Waals surface area contributed by atoms with E-state index in [0.717, 1.165) is 18.6 Å². The monoisotopic (exact) mass is 230 g/mol. The van der Waals surface area contributed by atoms with E-state index in [-0.39, 0.29) is 5.41 Å². The van der Waals surface area contributed by atoms with E-state index in [0.29, 0.717) is 0 Å². The fourth-order valence-electron chi connectivity index (χ4n) is 2.04. The van der Waals surface area contributed by atoms with E-state index < -0.39 is 0 Å². The smallest absolute Gasteiger partial charge is 0.125 e. The maximum atomic E-state index is 5.59. The van der Waals surface area contributed by atoms with Crippen molar-refractivity contribution >= 4 is 0 Å². The molecule has 0 saturated heterocycles. The van der Waals surface area contributed by atoms with Gasteiger partial charge in [0.25, 0.3) is 0 Å². The summed E-state index contributed by atoms with van der Waals surface area (Å²) in [5, 5.41) is 0. The Balaban J connectivity index is 3.31. The van der Waals surface area contributed by atoms with Gasteiger partial charge in [-0.25, -0.2) is 0 Å². The van der Waals surface area contributed by atoms with Crippen LogP contribution in [0.4, 0.5) is 0 Å². The number of rotatable bonds is 3. The first-order chi connectivity index (χ1) is 7.90. The van der Waals surface area contributed by atoms with Gasteiger partial charge in [0, 0.05) is 12.0 Å². The zero-order chi connectivity index (χ0) is 13.1. The molecule has 1 rings (SSSR count). The summed E-state index contributed by atoms with van der Waals surface area (Å²) in [5.41, 5.74) is 3.83. The molecule has 92 valence electrons. The molecule has 0 atom stereocenters. The number of aryl methyl sites for hydroxylation is 2. The van der Waals surface area contributed by atoms with Gasteiger partial charge >= 0.3 is 0 Å². The van der Waals surface area contributed by atoms with Crippen molar-refractivity contribution in [3.63, 3.8) is 0 Å². The highest BCUT2D eigenvalue weighted by atomic mass is 16.5. The lowest BCUT2D eigenvalue weighted by atomic mass is 9.83. The van der Waals surface area contributed by atoms with E-state index in [2.05, 4.69) is 45.7 Å². The molecule has 0 fully saturated rings. The molecule has 0 aromatic heterocycles. The van der Waals surface area contributed by atoms with Crippen molar-refractivity contribution in [3.8, 4) is 18.1 Å². The Morgan fingerprint density at radius 2 is 1.94 bits per heavy atom. The topological polar surface area (TPSA) is 9.23 Å². The van der Waals surface area contributed by atoms with Gasteiger partial charge in [-0.3, -0.25) is 0 Å². The molecule has 1 aromatic rings. The summed E-state index contributed by atoms with van der Waals surface area (Å²) >= 11 is 0. The normalized spacial score (nSPS) is 11.1. The SMILES string of the molecule is C#CCCc1cc(C)cc(C(C)(C)C)c1OC. The first-order valence-corrected chi connectivity index (χ1v) is 6.01. The molecule has 0 radical (unpaired) electrons. The van der Waals surface area contributed by atoms with E-state index in [9.17, 15) is 0 Å². The van der Waals surface area contributed by atoms with Crippen LogP contribution >= 0.6 is 0 Å². The van der Waals surface area contributed by atoms with Gasteiger partial charge < -0.3 is 4.74 Å². The van der Waals surface area contributed by atoms with Crippen LogP contribution in [0, 0.1) is 19.3 Å². The van der Waals surface area contributed by atoms with Gasteiger partial charge in [0.15, 0.2) is 0 Å². The largest absolute Gasteiger partial charge is 0.496 e. The molecule has 0 saturated carbocycles. The number of methoxy groups -OCH3 is 1. The second-order valence-electron chi connectivity index (χ2n) is 5.46. The quantitative estimate of drug-likeness (QED) is 0.716. The predicted octanol–water partition coefficient (Wildman–Crippen LogP) is 3.87. The van der Waals surface area contributed by atoms with E-state index >= 15 is 0 Å². The predicted molar refractivity (Wildman–Crippen MR) is 73.6 cm³/mol. The van der Waals surface area contributed by atoms with Gasteiger partial charge in [-0.05, 0) is 24.3 Å². The number of hydrogen-bond donors (Lipinski definition) is 0. The highest BCUT2D eigenvalue weighted by Gasteiger charge is 2.21. The Labute approximate surface area is 105 Å². The van der Waals surface area contributed by atoms with Gasteiger partial charge in [-0.15, -0.1) is 12.3 Å². The zero-order valence-electron chi connectivity index (χ0n) is 11.6. The molecule has 0 spiro atoms. The van der Waals surface area contributed by atoms with Crippen LogP contribution < -0.4 is 4.74 Å². The summed E-state index contributed by atoms with van der Waals surface area (Å²) < 4.78 is 5.59. The molecule has 0 aliphatic carbocycles. The first kappa shape index (κ1) is 13.6. The summed E-state index contributed by atoms with van der Waals surface area (Å²) in [6.45, 7) is 8.73. The fourth-order valence-corrected chi connectivity index (χ4v) is 2.04. The Morgan fingerprint density at radius 3 is 2.41 bits per heavy atom. The third-order valence-electron chi connectivity index (χ3n) is 2.86. The van der Waals surface area contributed by atoms with Crippen LogP contribution in [-0.4, -0.2) is 7.11 Å². The maximum Gasteiger partial charge on any atom is 0.125 e. The van der Waals surface area contributed by atoms with Crippen LogP contribution in [0.2, 0.25) is 0 Å². The van der Waals surface area contributed by atoms with Crippen molar-refractivity contribution in [1.29, 1.82) is 0 Å². The molecule has 0 amide bonds. The molecular weight excluding hydrogens is 208 g/mol. The van der Waals surface area contributed by atoms with Crippen molar-refractivity contribution in [2.24, 2.45) is 0 Å². The number of ether oxygens (including phenoxy) is 1. The third-order valence-corrected chi connectivity index (χ3v) is 2.86. The molecule has 0 bridgehead atoms. The molecule has 0 unspecified atom stereocenters. The average molecular weight is 230 g/mol. The van der Waals surface area contributed by atoms with E-state index in [1.54, 1.807) is 7.11 Å². The summed E-state index contributed by atoms with van der Waals surface area (Å²) in [6, 6.07) is 4.38. The number of hydrogen-bond acceptors (Lipinski definition) is 1. The number of terminal acetylenes is 1. The number of benzene rings is 1. The van der Waals surface area contributed by atoms with Crippen LogP contribution in [0.15, 0.2) is 12.1 Å². The van der Waals surface area contributed by atoms with Gasteiger partial charge in [0.1, 0.15) is 5.75 Å². The standard InChI is InChI=1S/C16H22O/c1-7-8-9-13-10-12(2)11-14(15(13)17-6)16(3,4)5/h1,10-11H,8-9H2,2-6H3. The van der Waals surface area contributed by atoms with Gasteiger partial charge in [0.05, 0.1) is 7.11 Å². The summed E-state index contributed by atoms with van der Waals surface area (Å²) in [5.74, 6) is 3.69. The van der Waals surface area contributed by atoms with Gasteiger partial charge in [-0.2, -0.15) is 0 Å². The molecule has 0 N–H and O–H groups in total. The molecule has 17 heavy (non-hydrogen) atoms. The lowest BCUT2D eigenvalue weighted by Crippen LogP contribution is -2.14. The second-order valence-corrected chi connectivity index (χ2v) is 5.46. The minimum atomic E-state index is 0.0856. The lowest BCUT2D eigenvalue weighted by molar-refractivity contribution is 0.392. The Kier molecular flexibility index (Phi) is 4.23. The average Bonchev–Trinajstić information content (AvgIpc) is 2.24. The molecular formula is C16H22O. The van der Waals surface area contributed by atoms with Crippen molar-refractivity contribution in [2.45, 2.75) is 46.0 Å². The van der Waals surface area contributed by atoms with Crippen LogP contribution in [0.25, 0.3) is 0 Å². The van der Waals surface area contributed by atoms with Crippen molar-refractivity contribution < 1.29 is 4.74 Å². The first-order valence-electron chi connectivity index (χ1n) is 6.01. The van der Waals surface area contributed by atoms with Crippen molar-refractivity contribution in [1.82, 2.24) is 0 Å².